The molecule has 0 saturated heterocycles. The molecule has 268 valence electrons. The second kappa shape index (κ2) is 19.6. The number of nitrogens with zero attached hydrogens (tertiary/aromatic N) is 3. The molecular weight excluding hydrogens is 622 g/mol. The van der Waals surface area contributed by atoms with Gasteiger partial charge in [-0.2, -0.15) is 0 Å². The maximum atomic E-state index is 14.5. The lowest BCUT2D eigenvalue weighted by atomic mass is 9.89. The Bertz CT molecular complexity index is 1540. The van der Waals surface area contributed by atoms with Gasteiger partial charge in [0.05, 0.1) is 18.9 Å². The normalized spacial score (nSPS) is 14.4. The van der Waals surface area contributed by atoms with Crippen LogP contribution in [0.15, 0.2) is 101 Å². The van der Waals surface area contributed by atoms with Crippen LogP contribution in [0.25, 0.3) is 5.69 Å². The first-order chi connectivity index (χ1) is 24.6. The smallest absolute Gasteiger partial charge is 0.345 e. The highest BCUT2D eigenvalue weighted by Crippen LogP contribution is 2.48. The summed E-state index contributed by atoms with van der Waals surface area (Å²) in [5.74, 6) is -1.47. The first-order valence-electron chi connectivity index (χ1n) is 19.3. The number of rotatable bonds is 23. The lowest BCUT2D eigenvalue weighted by Gasteiger charge is -2.37. The lowest BCUT2D eigenvalue weighted by molar-refractivity contribution is -0.208. The monoisotopic (exact) mass is 679 g/mol. The van der Waals surface area contributed by atoms with Gasteiger partial charge in [-0.25, -0.2) is 23.5 Å². The van der Waals surface area contributed by atoms with Crippen LogP contribution in [0.3, 0.4) is 0 Å². The Labute approximate surface area is 299 Å². The van der Waals surface area contributed by atoms with Crippen molar-refractivity contribution in [1.82, 2.24) is 13.9 Å². The van der Waals surface area contributed by atoms with Crippen molar-refractivity contribution in [2.75, 3.05) is 13.2 Å². The van der Waals surface area contributed by atoms with Gasteiger partial charge in [-0.1, -0.05) is 183 Å². The number of para-hydroxylation sites is 1. The number of unbranched alkanes of at least 4 members (excludes halogenated alkanes) is 14. The summed E-state index contributed by atoms with van der Waals surface area (Å²) in [5.41, 5.74) is 1.14. The number of hydrogen-bond acceptors (Lipinski definition) is 4. The molecule has 0 fully saturated rings. The summed E-state index contributed by atoms with van der Waals surface area (Å²) in [5, 5.41) is 0. The van der Waals surface area contributed by atoms with E-state index in [-0.39, 0.29) is 0 Å². The van der Waals surface area contributed by atoms with Crippen LogP contribution in [0, 0.1) is 12.1 Å². The molecule has 4 aromatic rings. The molecule has 1 aromatic heterocycles. The van der Waals surface area contributed by atoms with E-state index >= 15 is 0 Å². The minimum Gasteiger partial charge on any atom is -0.345 e. The summed E-state index contributed by atoms with van der Waals surface area (Å²) in [6, 6.07) is 29.8. The van der Waals surface area contributed by atoms with Gasteiger partial charge in [-0.3, -0.25) is 0 Å². The molecule has 0 saturated carbocycles. The molecule has 0 unspecified atom stereocenters. The highest BCUT2D eigenvalue weighted by atomic mass is 16.7. The van der Waals surface area contributed by atoms with Crippen molar-refractivity contribution < 1.29 is 9.47 Å². The molecule has 0 amide bonds. The third kappa shape index (κ3) is 8.96. The van der Waals surface area contributed by atoms with Crippen LogP contribution in [0.2, 0.25) is 0 Å². The van der Waals surface area contributed by atoms with Crippen molar-refractivity contribution in [3.05, 3.63) is 135 Å². The first-order valence-corrected chi connectivity index (χ1v) is 19.3. The molecule has 0 spiro atoms. The fourth-order valence-electron chi connectivity index (χ4n) is 7.06. The van der Waals surface area contributed by atoms with Gasteiger partial charge in [0.15, 0.2) is 12.1 Å². The van der Waals surface area contributed by atoms with Crippen molar-refractivity contribution >= 4 is 0 Å². The predicted molar refractivity (Wildman–Crippen MR) is 203 cm³/mol. The minimum absolute atomic E-state index is 0.436. The van der Waals surface area contributed by atoms with Gasteiger partial charge in [0.2, 0.25) is 5.79 Å². The van der Waals surface area contributed by atoms with Crippen molar-refractivity contribution in [3.63, 3.8) is 0 Å². The highest BCUT2D eigenvalue weighted by molar-refractivity contribution is 5.50. The van der Waals surface area contributed by atoms with E-state index < -0.39 is 17.2 Å². The van der Waals surface area contributed by atoms with E-state index in [4.69, 9.17) is 9.47 Å². The van der Waals surface area contributed by atoms with Gasteiger partial charge >= 0.3 is 11.4 Å². The Balaban J connectivity index is 1.52. The Morgan fingerprint density at radius 2 is 0.800 bits per heavy atom. The third-order valence-corrected chi connectivity index (χ3v) is 9.71. The quantitative estimate of drug-likeness (QED) is 0.0578. The van der Waals surface area contributed by atoms with E-state index in [0.717, 1.165) is 49.7 Å². The van der Waals surface area contributed by atoms with Crippen molar-refractivity contribution in [2.24, 2.45) is 0 Å². The number of hydrogen-bond donors (Lipinski definition) is 0. The summed E-state index contributed by atoms with van der Waals surface area (Å²) in [7, 11) is 0. The maximum Gasteiger partial charge on any atom is 0.353 e. The Morgan fingerprint density at radius 1 is 0.460 bits per heavy atom. The standard InChI is InChI=1S/C43H57N3O4/c1-3-5-7-9-11-13-15-26-34-49-43(50-35-27-16-14-12-10-8-6-4-2)39(36-28-20-17-21-29-36)45-41(47)44(38-32-24-19-25-33-38)42(48)46(45)40(43)37-30-22-18-23-31-37/h17-25,28-33H,3-16,26-27,34-35H2,1-2H3. The predicted octanol–water partition coefficient (Wildman–Crippen LogP) is 9.68. The molecule has 0 N–H and O–H groups in total. The van der Waals surface area contributed by atoms with Crippen LogP contribution < -0.4 is 11.4 Å². The van der Waals surface area contributed by atoms with E-state index in [2.05, 4.69) is 13.8 Å². The average Bonchev–Trinajstić information content (AvgIpc) is 3.58. The topological polar surface area (TPSA) is 67.4 Å². The molecule has 5 rings (SSSR count). The van der Waals surface area contributed by atoms with Gasteiger partial charge in [0.25, 0.3) is 0 Å². The second-order valence-electron chi connectivity index (χ2n) is 13.6. The number of fused-ring (bicyclic) bond motifs is 1. The van der Waals surface area contributed by atoms with Crippen LogP contribution in [0.5, 0.6) is 0 Å². The Morgan fingerprint density at radius 3 is 1.18 bits per heavy atom. The maximum absolute atomic E-state index is 14.5. The third-order valence-electron chi connectivity index (χ3n) is 9.71. The molecular formula is C43H57N3O4. The van der Waals surface area contributed by atoms with E-state index in [1.807, 2.05) is 78.9 Å². The molecule has 1 aliphatic heterocycles. The van der Waals surface area contributed by atoms with Gasteiger partial charge in [-0.05, 0) is 36.1 Å². The average molecular weight is 680 g/mol. The lowest BCUT2D eigenvalue weighted by Crippen LogP contribution is -2.50. The van der Waals surface area contributed by atoms with Gasteiger partial charge in [0.1, 0.15) is 0 Å². The zero-order valence-electron chi connectivity index (χ0n) is 30.4. The van der Waals surface area contributed by atoms with E-state index in [0.29, 0.717) is 31.0 Å². The van der Waals surface area contributed by atoms with Crippen LogP contribution in [0.1, 0.15) is 128 Å². The summed E-state index contributed by atoms with van der Waals surface area (Å²) < 4.78 is 18.3. The van der Waals surface area contributed by atoms with Gasteiger partial charge < -0.3 is 9.47 Å². The van der Waals surface area contributed by atoms with Crippen LogP contribution in [-0.2, 0) is 9.47 Å². The molecule has 0 aliphatic carbocycles. The molecule has 7 nitrogen and oxygen atoms in total. The van der Waals surface area contributed by atoms with Gasteiger partial charge in [-0.15, -0.1) is 0 Å². The van der Waals surface area contributed by atoms with Crippen molar-refractivity contribution in [2.45, 2.75) is 122 Å². The molecule has 0 bridgehead atoms. The molecule has 0 atom stereocenters. The zero-order chi connectivity index (χ0) is 35.0. The Hall–Kier alpha value is -3.68. The molecule has 50 heavy (non-hydrogen) atoms. The Kier molecular flexibility index (Phi) is 14.8. The van der Waals surface area contributed by atoms with Crippen LogP contribution >= 0.6 is 0 Å². The second-order valence-corrected chi connectivity index (χ2v) is 13.6. The number of ether oxygens (including phenoxy) is 2. The molecule has 2 heterocycles. The fraction of sp³-hybridized carbons (Fsp3) is 0.488. The first kappa shape index (κ1) is 37.6. The summed E-state index contributed by atoms with van der Waals surface area (Å²) in [6.45, 7) is 5.36. The summed E-state index contributed by atoms with van der Waals surface area (Å²) in [4.78, 5) is 29.1. The van der Waals surface area contributed by atoms with E-state index in [1.165, 1.54) is 78.1 Å². The zero-order valence-corrected chi connectivity index (χ0v) is 30.4. The summed E-state index contributed by atoms with van der Waals surface area (Å²) >= 11 is 0. The largest absolute Gasteiger partial charge is 0.353 e. The number of aromatic nitrogens is 3. The minimum atomic E-state index is -1.47. The molecule has 7 heteroatoms. The summed E-state index contributed by atoms with van der Waals surface area (Å²) in [6.07, 6.45) is 18.8. The highest BCUT2D eigenvalue weighted by Gasteiger charge is 2.61. The molecule has 2 radical (unpaired) electrons. The fourth-order valence-corrected chi connectivity index (χ4v) is 7.06. The van der Waals surface area contributed by atoms with Crippen LogP contribution in [-0.4, -0.2) is 32.9 Å². The SMILES string of the molecule is CCCCCCCCCCOC1(OCCCCCCCCCC)[C](c2ccccc2)n2c(=O)n(-c3ccccc3)c(=O)n2[C]1c1ccccc1. The van der Waals surface area contributed by atoms with Crippen LogP contribution in [0.4, 0.5) is 0 Å². The number of benzene rings is 3. The van der Waals surface area contributed by atoms with E-state index in [1.54, 1.807) is 12.1 Å². The van der Waals surface area contributed by atoms with Crippen molar-refractivity contribution in [3.8, 4) is 5.69 Å². The van der Waals surface area contributed by atoms with Gasteiger partial charge in [0, 0.05) is 0 Å². The molecule has 1 aliphatic rings. The van der Waals surface area contributed by atoms with Crippen molar-refractivity contribution in [1.29, 1.82) is 0 Å². The van der Waals surface area contributed by atoms with E-state index in [9.17, 15) is 9.59 Å². The molecule has 3 aromatic carbocycles.